The molecule has 6 heteroatoms. The van der Waals surface area contributed by atoms with E-state index in [0.717, 1.165) is 22.5 Å². The highest BCUT2D eigenvalue weighted by atomic mass is 35.5. The van der Waals surface area contributed by atoms with Crippen LogP contribution in [0.3, 0.4) is 0 Å². The average molecular weight is 410 g/mol. The van der Waals surface area contributed by atoms with Crippen LogP contribution in [0.4, 0.5) is 5.69 Å². The number of aromatic nitrogens is 2. The standard InChI is InChI=1S/C23H24ClN3O2/c1-4-29-22-12-8-7-11-21(22)25-23(28)14-13-19-16(2)26-27(17(19)3)15-18-9-5-6-10-20(18)24/h5-14H,4,15H2,1-3H3,(H,25,28)/b14-13+. The highest BCUT2D eigenvalue weighted by Crippen LogP contribution is 2.24. The highest BCUT2D eigenvalue weighted by molar-refractivity contribution is 6.31. The summed E-state index contributed by atoms with van der Waals surface area (Å²) in [5.41, 5.74) is 4.40. The molecule has 1 amide bonds. The van der Waals surface area contributed by atoms with Gasteiger partial charge < -0.3 is 10.1 Å². The molecule has 3 rings (SSSR count). The van der Waals surface area contributed by atoms with Gasteiger partial charge in [0.1, 0.15) is 5.75 Å². The number of benzene rings is 2. The summed E-state index contributed by atoms with van der Waals surface area (Å²) in [6.07, 6.45) is 3.30. The normalized spacial score (nSPS) is 11.0. The monoisotopic (exact) mass is 409 g/mol. The molecule has 0 spiro atoms. The van der Waals surface area contributed by atoms with Crippen molar-refractivity contribution >= 4 is 29.3 Å². The molecular weight excluding hydrogens is 386 g/mol. The van der Waals surface area contributed by atoms with Crippen molar-refractivity contribution < 1.29 is 9.53 Å². The Morgan fingerprint density at radius 2 is 1.90 bits per heavy atom. The van der Waals surface area contributed by atoms with E-state index in [9.17, 15) is 4.79 Å². The van der Waals surface area contributed by atoms with Gasteiger partial charge in [0.05, 0.1) is 24.5 Å². The molecule has 1 heterocycles. The number of hydrogen-bond acceptors (Lipinski definition) is 3. The zero-order chi connectivity index (χ0) is 20.8. The van der Waals surface area contributed by atoms with Crippen molar-refractivity contribution in [2.24, 2.45) is 0 Å². The summed E-state index contributed by atoms with van der Waals surface area (Å²) in [7, 11) is 0. The van der Waals surface area contributed by atoms with Crippen molar-refractivity contribution in [3.05, 3.63) is 82.1 Å². The van der Waals surface area contributed by atoms with Crippen molar-refractivity contribution in [1.82, 2.24) is 9.78 Å². The van der Waals surface area contributed by atoms with E-state index in [4.69, 9.17) is 16.3 Å². The molecule has 0 bridgehead atoms. The topological polar surface area (TPSA) is 56.1 Å². The molecule has 29 heavy (non-hydrogen) atoms. The van der Waals surface area contributed by atoms with E-state index >= 15 is 0 Å². The minimum absolute atomic E-state index is 0.227. The number of nitrogens with one attached hydrogen (secondary N) is 1. The van der Waals surface area contributed by atoms with Crippen molar-refractivity contribution in [3.63, 3.8) is 0 Å². The van der Waals surface area contributed by atoms with Crippen LogP contribution in [0.15, 0.2) is 54.6 Å². The van der Waals surface area contributed by atoms with Gasteiger partial charge in [0, 0.05) is 22.4 Å². The largest absolute Gasteiger partial charge is 0.492 e. The molecule has 0 saturated heterocycles. The maximum atomic E-state index is 12.4. The van der Waals surface area contributed by atoms with Crippen molar-refractivity contribution in [1.29, 1.82) is 0 Å². The predicted molar refractivity (Wildman–Crippen MR) is 118 cm³/mol. The van der Waals surface area contributed by atoms with Gasteiger partial charge in [0.2, 0.25) is 5.91 Å². The predicted octanol–water partition coefficient (Wildman–Crippen LogP) is 5.25. The maximum Gasteiger partial charge on any atom is 0.248 e. The molecule has 1 N–H and O–H groups in total. The van der Waals surface area contributed by atoms with Gasteiger partial charge in [-0.2, -0.15) is 5.10 Å². The lowest BCUT2D eigenvalue weighted by molar-refractivity contribution is -0.111. The van der Waals surface area contributed by atoms with Gasteiger partial charge in [-0.1, -0.05) is 41.9 Å². The van der Waals surface area contributed by atoms with Crippen molar-refractivity contribution in [2.45, 2.75) is 27.3 Å². The first-order valence-corrected chi connectivity index (χ1v) is 9.85. The molecule has 0 aliphatic rings. The Balaban J connectivity index is 1.75. The van der Waals surface area contributed by atoms with Crippen LogP contribution >= 0.6 is 11.6 Å². The Hall–Kier alpha value is -3.05. The van der Waals surface area contributed by atoms with Crippen molar-refractivity contribution in [2.75, 3.05) is 11.9 Å². The summed E-state index contributed by atoms with van der Waals surface area (Å²) in [6, 6.07) is 15.1. The first-order chi connectivity index (χ1) is 14.0. The summed E-state index contributed by atoms with van der Waals surface area (Å²) < 4.78 is 7.45. The zero-order valence-electron chi connectivity index (χ0n) is 16.8. The third-order valence-electron chi connectivity index (χ3n) is 4.56. The summed E-state index contributed by atoms with van der Waals surface area (Å²) in [4.78, 5) is 12.4. The van der Waals surface area contributed by atoms with Gasteiger partial charge in [0.25, 0.3) is 0 Å². The van der Waals surface area contributed by atoms with Gasteiger partial charge >= 0.3 is 0 Å². The molecule has 0 unspecified atom stereocenters. The minimum atomic E-state index is -0.227. The van der Waals surface area contributed by atoms with Gasteiger partial charge in [-0.25, -0.2) is 0 Å². The number of carbonyl (C=O) groups is 1. The molecule has 2 aromatic carbocycles. The van der Waals surface area contributed by atoms with Crippen LogP contribution in [0.2, 0.25) is 5.02 Å². The first kappa shape index (κ1) is 20.7. The summed E-state index contributed by atoms with van der Waals surface area (Å²) in [6.45, 7) is 6.93. The fourth-order valence-corrected chi connectivity index (χ4v) is 3.27. The Labute approximate surface area is 176 Å². The van der Waals surface area contributed by atoms with E-state index in [1.165, 1.54) is 6.08 Å². The van der Waals surface area contributed by atoms with Gasteiger partial charge in [-0.05, 0) is 50.6 Å². The lowest BCUT2D eigenvalue weighted by atomic mass is 10.1. The molecular formula is C23H24ClN3O2. The van der Waals surface area contributed by atoms with Crippen molar-refractivity contribution in [3.8, 4) is 5.75 Å². The third kappa shape index (κ3) is 5.06. The molecule has 150 valence electrons. The van der Waals surface area contributed by atoms with Gasteiger partial charge in [0.15, 0.2) is 0 Å². The average Bonchev–Trinajstić information content (AvgIpc) is 2.96. The number of hydrogen-bond donors (Lipinski definition) is 1. The minimum Gasteiger partial charge on any atom is -0.492 e. The molecule has 0 fully saturated rings. The van der Waals surface area contributed by atoms with E-state index in [1.54, 1.807) is 6.08 Å². The highest BCUT2D eigenvalue weighted by Gasteiger charge is 2.11. The number of halogens is 1. The van der Waals surface area contributed by atoms with Crippen LogP contribution in [0.5, 0.6) is 5.75 Å². The molecule has 0 saturated carbocycles. The van der Waals surface area contributed by atoms with Gasteiger partial charge in [-0.3, -0.25) is 9.48 Å². The quantitative estimate of drug-likeness (QED) is 0.542. The summed E-state index contributed by atoms with van der Waals surface area (Å²) in [5, 5.41) is 8.18. The number of aryl methyl sites for hydroxylation is 1. The number of para-hydroxylation sites is 2. The molecule has 0 aliphatic heterocycles. The van der Waals surface area contributed by atoms with E-state index in [0.29, 0.717) is 29.6 Å². The van der Waals surface area contributed by atoms with Crippen LogP contribution in [0.1, 0.15) is 29.4 Å². The fraction of sp³-hybridized carbons (Fsp3) is 0.217. The lowest BCUT2D eigenvalue weighted by Gasteiger charge is -2.09. The Morgan fingerprint density at radius 1 is 1.17 bits per heavy atom. The first-order valence-electron chi connectivity index (χ1n) is 9.48. The van der Waals surface area contributed by atoms with Crippen LogP contribution in [0.25, 0.3) is 6.08 Å². The second kappa shape index (κ2) is 9.43. The number of carbonyl (C=O) groups excluding carboxylic acids is 1. The second-order valence-corrected chi connectivity index (χ2v) is 6.99. The number of rotatable bonds is 7. The number of ether oxygens (including phenoxy) is 1. The van der Waals surface area contributed by atoms with Crippen LogP contribution in [-0.2, 0) is 11.3 Å². The summed E-state index contributed by atoms with van der Waals surface area (Å²) >= 11 is 6.27. The molecule has 1 aromatic heterocycles. The Kier molecular flexibility index (Phi) is 6.73. The van der Waals surface area contributed by atoms with E-state index in [1.807, 2.05) is 74.0 Å². The third-order valence-corrected chi connectivity index (χ3v) is 4.93. The molecule has 0 aliphatic carbocycles. The number of anilines is 1. The van der Waals surface area contributed by atoms with Crippen LogP contribution in [-0.4, -0.2) is 22.3 Å². The lowest BCUT2D eigenvalue weighted by Crippen LogP contribution is -2.09. The van der Waals surface area contributed by atoms with E-state index in [2.05, 4.69) is 10.4 Å². The number of nitrogens with zero attached hydrogens (tertiary/aromatic N) is 2. The Bertz CT molecular complexity index is 1040. The van der Waals surface area contributed by atoms with Crippen LogP contribution < -0.4 is 10.1 Å². The maximum absolute atomic E-state index is 12.4. The Morgan fingerprint density at radius 3 is 2.66 bits per heavy atom. The second-order valence-electron chi connectivity index (χ2n) is 6.59. The number of amides is 1. The van der Waals surface area contributed by atoms with Gasteiger partial charge in [-0.15, -0.1) is 0 Å². The van der Waals surface area contributed by atoms with Crippen LogP contribution in [0, 0.1) is 13.8 Å². The molecule has 0 radical (unpaired) electrons. The molecule has 5 nitrogen and oxygen atoms in total. The SMILES string of the molecule is CCOc1ccccc1NC(=O)/C=C/c1c(C)nn(Cc2ccccc2Cl)c1C. The molecule has 0 atom stereocenters. The zero-order valence-corrected chi connectivity index (χ0v) is 17.5. The summed E-state index contributed by atoms with van der Waals surface area (Å²) in [5.74, 6) is 0.423. The fourth-order valence-electron chi connectivity index (χ4n) is 3.08. The van der Waals surface area contributed by atoms with E-state index in [-0.39, 0.29) is 5.91 Å². The molecule has 3 aromatic rings. The smallest absolute Gasteiger partial charge is 0.248 e. The van der Waals surface area contributed by atoms with E-state index < -0.39 is 0 Å².